The molecule has 5 heteroatoms. The van der Waals surface area contributed by atoms with Crippen molar-refractivity contribution in [1.82, 2.24) is 5.32 Å². The fourth-order valence-corrected chi connectivity index (χ4v) is 2.47. The molecule has 0 unspecified atom stereocenters. The molecule has 0 atom stereocenters. The third-order valence-electron chi connectivity index (χ3n) is 3.81. The number of carbonyl (C=O) groups excluding carboxylic acids is 1. The molecule has 5 nitrogen and oxygen atoms in total. The van der Waals surface area contributed by atoms with Crippen molar-refractivity contribution in [3.05, 3.63) is 53.6 Å². The maximum atomic E-state index is 12.3. The van der Waals surface area contributed by atoms with Gasteiger partial charge in [-0.05, 0) is 56.2 Å². The van der Waals surface area contributed by atoms with Crippen LogP contribution in [0.1, 0.15) is 25.0 Å². The first-order valence-corrected chi connectivity index (χ1v) is 7.74. The van der Waals surface area contributed by atoms with Crippen molar-refractivity contribution < 1.29 is 14.3 Å². The molecule has 0 bridgehead atoms. The minimum absolute atomic E-state index is 0.264. The molecule has 0 aliphatic carbocycles. The van der Waals surface area contributed by atoms with Crippen LogP contribution in [-0.4, -0.2) is 20.3 Å². The van der Waals surface area contributed by atoms with E-state index in [-0.39, 0.29) is 6.03 Å². The Morgan fingerprint density at radius 1 is 1.00 bits per heavy atom. The summed E-state index contributed by atoms with van der Waals surface area (Å²) in [4.78, 5) is 12.3. The van der Waals surface area contributed by atoms with E-state index in [9.17, 15) is 4.79 Å². The van der Waals surface area contributed by atoms with Crippen molar-refractivity contribution in [2.24, 2.45) is 0 Å². The van der Waals surface area contributed by atoms with E-state index in [1.165, 1.54) is 0 Å². The standard InChI is InChI=1S/C19H24N2O3/c1-13-7-6-8-15(11-13)20-18(22)21-19(2,3)14-9-10-16(23-4)17(12-14)24-5/h6-12H,1-5H3,(H2,20,21,22). The van der Waals surface area contributed by atoms with Crippen LogP contribution in [0.25, 0.3) is 0 Å². The van der Waals surface area contributed by atoms with E-state index in [0.717, 1.165) is 16.8 Å². The Morgan fingerprint density at radius 3 is 2.33 bits per heavy atom. The molecule has 24 heavy (non-hydrogen) atoms. The predicted molar refractivity (Wildman–Crippen MR) is 95.9 cm³/mol. The van der Waals surface area contributed by atoms with E-state index in [2.05, 4.69) is 10.6 Å². The Bertz CT molecular complexity index is 726. The van der Waals surface area contributed by atoms with Crippen molar-refractivity contribution in [3.63, 3.8) is 0 Å². The molecule has 2 rings (SSSR count). The third kappa shape index (κ3) is 4.19. The summed E-state index contributed by atoms with van der Waals surface area (Å²) in [5, 5.41) is 5.84. The van der Waals surface area contributed by atoms with Gasteiger partial charge < -0.3 is 20.1 Å². The molecule has 0 heterocycles. The van der Waals surface area contributed by atoms with Crippen LogP contribution in [0.15, 0.2) is 42.5 Å². The summed E-state index contributed by atoms with van der Waals surface area (Å²) in [7, 11) is 3.18. The highest BCUT2D eigenvalue weighted by Crippen LogP contribution is 2.32. The summed E-state index contributed by atoms with van der Waals surface area (Å²) in [6.45, 7) is 5.85. The zero-order valence-corrected chi connectivity index (χ0v) is 14.8. The van der Waals surface area contributed by atoms with Crippen molar-refractivity contribution in [1.29, 1.82) is 0 Å². The summed E-state index contributed by atoms with van der Waals surface area (Å²) in [6, 6.07) is 13.0. The SMILES string of the molecule is COc1ccc(C(C)(C)NC(=O)Nc2cccc(C)c2)cc1OC. The van der Waals surface area contributed by atoms with Crippen molar-refractivity contribution in [2.75, 3.05) is 19.5 Å². The second kappa shape index (κ2) is 7.25. The number of hydrogen-bond donors (Lipinski definition) is 2. The highest BCUT2D eigenvalue weighted by Gasteiger charge is 2.24. The van der Waals surface area contributed by atoms with Crippen LogP contribution in [0.2, 0.25) is 0 Å². The van der Waals surface area contributed by atoms with Crippen molar-refractivity contribution >= 4 is 11.7 Å². The van der Waals surface area contributed by atoms with Crippen LogP contribution < -0.4 is 20.1 Å². The molecule has 128 valence electrons. The van der Waals surface area contributed by atoms with E-state index in [0.29, 0.717) is 11.5 Å². The maximum Gasteiger partial charge on any atom is 0.319 e. The molecular formula is C19H24N2O3. The lowest BCUT2D eigenvalue weighted by Gasteiger charge is -2.27. The Morgan fingerprint density at radius 2 is 1.71 bits per heavy atom. The highest BCUT2D eigenvalue weighted by atomic mass is 16.5. The zero-order valence-electron chi connectivity index (χ0n) is 14.8. The highest BCUT2D eigenvalue weighted by molar-refractivity contribution is 5.89. The molecule has 0 aliphatic rings. The molecule has 2 N–H and O–H groups in total. The predicted octanol–water partition coefficient (Wildman–Crippen LogP) is 4.07. The van der Waals surface area contributed by atoms with Crippen LogP contribution in [0.4, 0.5) is 10.5 Å². The van der Waals surface area contributed by atoms with Gasteiger partial charge in [-0.3, -0.25) is 0 Å². The number of benzene rings is 2. The minimum atomic E-state index is -0.576. The number of nitrogens with one attached hydrogen (secondary N) is 2. The van der Waals surface area contributed by atoms with Gasteiger partial charge >= 0.3 is 6.03 Å². The molecule has 0 saturated carbocycles. The number of amides is 2. The van der Waals surface area contributed by atoms with E-state index in [1.807, 2.05) is 63.2 Å². The Kier molecular flexibility index (Phi) is 5.34. The van der Waals surface area contributed by atoms with E-state index in [4.69, 9.17) is 9.47 Å². The average Bonchev–Trinajstić information content (AvgIpc) is 2.53. The number of urea groups is 1. The first-order valence-electron chi connectivity index (χ1n) is 7.74. The van der Waals surface area contributed by atoms with Gasteiger partial charge in [0.05, 0.1) is 19.8 Å². The van der Waals surface area contributed by atoms with E-state index in [1.54, 1.807) is 14.2 Å². The summed E-state index contributed by atoms with van der Waals surface area (Å²) < 4.78 is 10.6. The van der Waals surface area contributed by atoms with Crippen LogP contribution in [0, 0.1) is 6.92 Å². The van der Waals surface area contributed by atoms with Gasteiger partial charge in [0.25, 0.3) is 0 Å². The summed E-state index contributed by atoms with van der Waals surface area (Å²) in [5.41, 5.74) is 2.19. The van der Waals surface area contributed by atoms with Crippen LogP contribution in [0.3, 0.4) is 0 Å². The zero-order chi connectivity index (χ0) is 17.7. The van der Waals surface area contributed by atoms with Gasteiger partial charge in [-0.25, -0.2) is 4.79 Å². The number of hydrogen-bond acceptors (Lipinski definition) is 3. The molecular weight excluding hydrogens is 304 g/mol. The third-order valence-corrected chi connectivity index (χ3v) is 3.81. The molecule has 0 saturated heterocycles. The van der Waals surface area contributed by atoms with Gasteiger partial charge in [0, 0.05) is 5.69 Å². The van der Waals surface area contributed by atoms with Gasteiger partial charge in [-0.2, -0.15) is 0 Å². The maximum absolute atomic E-state index is 12.3. The van der Waals surface area contributed by atoms with Gasteiger partial charge in [-0.1, -0.05) is 18.2 Å². The summed E-state index contributed by atoms with van der Waals surface area (Å²) in [6.07, 6.45) is 0. The van der Waals surface area contributed by atoms with Crippen molar-refractivity contribution in [2.45, 2.75) is 26.3 Å². The number of aryl methyl sites for hydroxylation is 1. The van der Waals surface area contributed by atoms with Crippen LogP contribution in [-0.2, 0) is 5.54 Å². The van der Waals surface area contributed by atoms with Gasteiger partial charge in [0.15, 0.2) is 11.5 Å². The fraction of sp³-hybridized carbons (Fsp3) is 0.316. The Labute approximate surface area is 143 Å². The molecule has 2 amide bonds. The molecule has 0 spiro atoms. The smallest absolute Gasteiger partial charge is 0.319 e. The largest absolute Gasteiger partial charge is 0.493 e. The van der Waals surface area contributed by atoms with E-state index >= 15 is 0 Å². The number of anilines is 1. The van der Waals surface area contributed by atoms with Crippen molar-refractivity contribution in [3.8, 4) is 11.5 Å². The number of rotatable bonds is 5. The number of carbonyl (C=O) groups is 1. The fourth-order valence-electron chi connectivity index (χ4n) is 2.47. The monoisotopic (exact) mass is 328 g/mol. The molecule has 0 fully saturated rings. The quantitative estimate of drug-likeness (QED) is 0.870. The first kappa shape index (κ1) is 17.7. The van der Waals surface area contributed by atoms with E-state index < -0.39 is 5.54 Å². The first-order chi connectivity index (χ1) is 11.4. The topological polar surface area (TPSA) is 59.6 Å². The lowest BCUT2D eigenvalue weighted by Crippen LogP contribution is -2.43. The lowest BCUT2D eigenvalue weighted by atomic mass is 9.94. The van der Waals surface area contributed by atoms with Crippen LogP contribution >= 0.6 is 0 Å². The van der Waals surface area contributed by atoms with Gasteiger partial charge in [0.1, 0.15) is 0 Å². The Hall–Kier alpha value is -2.69. The van der Waals surface area contributed by atoms with Crippen LogP contribution in [0.5, 0.6) is 11.5 Å². The second-order valence-corrected chi connectivity index (χ2v) is 6.14. The molecule has 2 aromatic rings. The molecule has 0 aromatic heterocycles. The molecule has 2 aromatic carbocycles. The second-order valence-electron chi connectivity index (χ2n) is 6.14. The lowest BCUT2D eigenvalue weighted by molar-refractivity contribution is 0.241. The number of ether oxygens (including phenoxy) is 2. The average molecular weight is 328 g/mol. The normalized spacial score (nSPS) is 10.9. The summed E-state index contributed by atoms with van der Waals surface area (Å²) >= 11 is 0. The Balaban J connectivity index is 2.13. The van der Waals surface area contributed by atoms with Gasteiger partial charge in [-0.15, -0.1) is 0 Å². The molecule has 0 radical (unpaired) electrons. The minimum Gasteiger partial charge on any atom is -0.493 e. The molecule has 0 aliphatic heterocycles. The van der Waals surface area contributed by atoms with Gasteiger partial charge in [0.2, 0.25) is 0 Å². The number of methoxy groups -OCH3 is 2. The summed E-state index contributed by atoms with van der Waals surface area (Å²) in [5.74, 6) is 1.28.